The molecule has 0 aromatic rings. The first kappa shape index (κ1) is 8.57. The Morgan fingerprint density at radius 1 is 1.64 bits per heavy atom. The van der Waals surface area contributed by atoms with Gasteiger partial charge in [-0.05, 0) is 18.8 Å². The molecule has 0 aromatic heterocycles. The third kappa shape index (κ3) is 1.55. The van der Waals surface area contributed by atoms with E-state index in [-0.39, 0.29) is 5.41 Å². The van der Waals surface area contributed by atoms with Gasteiger partial charge < -0.3 is 4.90 Å². The zero-order valence-corrected chi connectivity index (χ0v) is 7.85. The Labute approximate surface area is 68.6 Å². The van der Waals surface area contributed by atoms with E-state index in [0.717, 1.165) is 13.0 Å². The van der Waals surface area contributed by atoms with Crippen molar-refractivity contribution in [2.24, 2.45) is 11.3 Å². The standard InChI is InChI=1S/C9H17NO/c1-5-10(4)8(11)7-6-9(7,2)3/h7H,5-6H2,1-4H3/t7-/m1/s1. The first-order valence-corrected chi connectivity index (χ1v) is 4.24. The van der Waals surface area contributed by atoms with Gasteiger partial charge in [0.1, 0.15) is 0 Å². The van der Waals surface area contributed by atoms with E-state index in [4.69, 9.17) is 0 Å². The second-order valence-corrected chi connectivity index (χ2v) is 4.10. The van der Waals surface area contributed by atoms with E-state index < -0.39 is 0 Å². The number of carbonyl (C=O) groups is 1. The highest BCUT2D eigenvalue weighted by molar-refractivity contribution is 5.82. The maximum absolute atomic E-state index is 11.5. The second-order valence-electron chi connectivity index (χ2n) is 4.10. The molecule has 0 unspecified atom stereocenters. The van der Waals surface area contributed by atoms with Gasteiger partial charge in [0.2, 0.25) is 5.91 Å². The Morgan fingerprint density at radius 2 is 2.09 bits per heavy atom. The molecule has 1 aliphatic rings. The monoisotopic (exact) mass is 155 g/mol. The Kier molecular flexibility index (Phi) is 1.95. The second kappa shape index (κ2) is 2.50. The summed E-state index contributed by atoms with van der Waals surface area (Å²) in [6, 6.07) is 0. The number of hydrogen-bond acceptors (Lipinski definition) is 1. The highest BCUT2D eigenvalue weighted by atomic mass is 16.2. The van der Waals surface area contributed by atoms with Gasteiger partial charge in [-0.3, -0.25) is 4.79 Å². The van der Waals surface area contributed by atoms with Crippen molar-refractivity contribution in [3.8, 4) is 0 Å². The fourth-order valence-corrected chi connectivity index (χ4v) is 1.31. The molecule has 1 aliphatic carbocycles. The summed E-state index contributed by atoms with van der Waals surface area (Å²) in [6.07, 6.45) is 1.07. The summed E-state index contributed by atoms with van der Waals surface area (Å²) in [5.74, 6) is 0.616. The molecule has 2 heteroatoms. The summed E-state index contributed by atoms with van der Waals surface area (Å²) >= 11 is 0. The van der Waals surface area contributed by atoms with Crippen LogP contribution in [0.3, 0.4) is 0 Å². The Hall–Kier alpha value is -0.530. The molecule has 0 aliphatic heterocycles. The predicted molar refractivity (Wildman–Crippen MR) is 45.2 cm³/mol. The first-order valence-electron chi connectivity index (χ1n) is 4.24. The van der Waals surface area contributed by atoms with Gasteiger partial charge in [-0.2, -0.15) is 0 Å². The molecular formula is C9H17NO. The molecule has 0 heterocycles. The highest BCUT2D eigenvalue weighted by Crippen LogP contribution is 2.52. The molecule has 11 heavy (non-hydrogen) atoms. The number of hydrogen-bond donors (Lipinski definition) is 0. The van der Waals surface area contributed by atoms with E-state index in [2.05, 4.69) is 13.8 Å². The topological polar surface area (TPSA) is 20.3 Å². The zero-order chi connectivity index (χ0) is 8.65. The SMILES string of the molecule is CCN(C)C(=O)[C@H]1CC1(C)C. The molecule has 1 amide bonds. The summed E-state index contributed by atoms with van der Waals surface area (Å²) in [5, 5.41) is 0. The lowest BCUT2D eigenvalue weighted by Crippen LogP contribution is -2.28. The summed E-state index contributed by atoms with van der Waals surface area (Å²) in [7, 11) is 1.87. The van der Waals surface area contributed by atoms with Crippen LogP contribution in [0.5, 0.6) is 0 Å². The Balaban J connectivity index is 2.46. The maximum Gasteiger partial charge on any atom is 0.225 e. The van der Waals surface area contributed by atoms with E-state index in [1.807, 2.05) is 14.0 Å². The lowest BCUT2D eigenvalue weighted by molar-refractivity contribution is -0.131. The van der Waals surface area contributed by atoms with Gasteiger partial charge in [0, 0.05) is 19.5 Å². The number of rotatable bonds is 2. The summed E-state index contributed by atoms with van der Waals surface area (Å²) in [6.45, 7) is 7.14. The van der Waals surface area contributed by atoms with Crippen molar-refractivity contribution in [2.45, 2.75) is 27.2 Å². The molecular weight excluding hydrogens is 138 g/mol. The van der Waals surface area contributed by atoms with Crippen molar-refractivity contribution in [3.63, 3.8) is 0 Å². The van der Waals surface area contributed by atoms with Crippen molar-refractivity contribution in [1.29, 1.82) is 0 Å². The average Bonchev–Trinajstić information content (AvgIpc) is 2.56. The molecule has 1 fully saturated rings. The minimum absolute atomic E-state index is 0.278. The molecule has 2 nitrogen and oxygen atoms in total. The Morgan fingerprint density at radius 3 is 2.36 bits per heavy atom. The average molecular weight is 155 g/mol. The number of carbonyl (C=O) groups excluding carboxylic acids is 1. The lowest BCUT2D eigenvalue weighted by Gasteiger charge is -2.15. The molecule has 0 saturated heterocycles. The fraction of sp³-hybridized carbons (Fsp3) is 0.889. The molecule has 1 atom stereocenters. The van der Waals surface area contributed by atoms with Crippen LogP contribution in [-0.2, 0) is 4.79 Å². The molecule has 1 saturated carbocycles. The van der Waals surface area contributed by atoms with Gasteiger partial charge in [-0.1, -0.05) is 13.8 Å². The minimum Gasteiger partial charge on any atom is -0.346 e. The van der Waals surface area contributed by atoms with Crippen LogP contribution in [0.25, 0.3) is 0 Å². The fourth-order valence-electron chi connectivity index (χ4n) is 1.31. The van der Waals surface area contributed by atoms with Crippen LogP contribution in [0.1, 0.15) is 27.2 Å². The molecule has 64 valence electrons. The highest BCUT2D eigenvalue weighted by Gasteiger charge is 2.51. The molecule has 0 bridgehead atoms. The van der Waals surface area contributed by atoms with Crippen LogP contribution in [0, 0.1) is 11.3 Å². The summed E-state index contributed by atoms with van der Waals surface area (Å²) in [5.41, 5.74) is 0.278. The molecule has 0 spiro atoms. The van der Waals surface area contributed by atoms with Crippen molar-refractivity contribution < 1.29 is 4.79 Å². The van der Waals surface area contributed by atoms with Crippen LogP contribution in [0.4, 0.5) is 0 Å². The number of amides is 1. The molecule has 0 radical (unpaired) electrons. The predicted octanol–water partition coefficient (Wildman–Crippen LogP) is 1.51. The van der Waals surface area contributed by atoms with Gasteiger partial charge in [0.05, 0.1) is 0 Å². The lowest BCUT2D eigenvalue weighted by atomic mass is 10.1. The molecule has 1 rings (SSSR count). The van der Waals surface area contributed by atoms with Gasteiger partial charge in [0.15, 0.2) is 0 Å². The van der Waals surface area contributed by atoms with Crippen LogP contribution in [0.2, 0.25) is 0 Å². The smallest absolute Gasteiger partial charge is 0.225 e. The zero-order valence-electron chi connectivity index (χ0n) is 7.85. The molecule has 0 aromatic carbocycles. The summed E-state index contributed by atoms with van der Waals surface area (Å²) in [4.78, 5) is 13.3. The van der Waals surface area contributed by atoms with E-state index >= 15 is 0 Å². The van der Waals surface area contributed by atoms with Crippen molar-refractivity contribution in [1.82, 2.24) is 4.90 Å². The van der Waals surface area contributed by atoms with Crippen molar-refractivity contribution >= 4 is 5.91 Å². The van der Waals surface area contributed by atoms with Gasteiger partial charge in [0.25, 0.3) is 0 Å². The first-order chi connectivity index (χ1) is 4.99. The van der Waals surface area contributed by atoms with Crippen LogP contribution in [-0.4, -0.2) is 24.4 Å². The maximum atomic E-state index is 11.5. The summed E-state index contributed by atoms with van der Waals surface area (Å²) < 4.78 is 0. The van der Waals surface area contributed by atoms with Crippen molar-refractivity contribution in [3.05, 3.63) is 0 Å². The third-order valence-electron chi connectivity index (χ3n) is 2.66. The van der Waals surface area contributed by atoms with E-state index in [0.29, 0.717) is 11.8 Å². The van der Waals surface area contributed by atoms with Gasteiger partial charge in [-0.25, -0.2) is 0 Å². The Bertz CT molecular complexity index is 174. The number of nitrogens with zero attached hydrogens (tertiary/aromatic N) is 1. The van der Waals surface area contributed by atoms with E-state index in [1.165, 1.54) is 0 Å². The quantitative estimate of drug-likeness (QED) is 0.592. The van der Waals surface area contributed by atoms with Crippen molar-refractivity contribution in [2.75, 3.05) is 13.6 Å². The third-order valence-corrected chi connectivity index (χ3v) is 2.66. The normalized spacial score (nSPS) is 26.4. The van der Waals surface area contributed by atoms with E-state index in [9.17, 15) is 4.79 Å². The van der Waals surface area contributed by atoms with Crippen LogP contribution in [0.15, 0.2) is 0 Å². The minimum atomic E-state index is 0.278. The largest absolute Gasteiger partial charge is 0.346 e. The van der Waals surface area contributed by atoms with Crippen LogP contribution >= 0.6 is 0 Å². The van der Waals surface area contributed by atoms with Crippen LogP contribution < -0.4 is 0 Å². The van der Waals surface area contributed by atoms with E-state index in [1.54, 1.807) is 4.90 Å². The molecule has 0 N–H and O–H groups in total. The van der Waals surface area contributed by atoms with Gasteiger partial charge >= 0.3 is 0 Å². The van der Waals surface area contributed by atoms with Gasteiger partial charge in [-0.15, -0.1) is 0 Å².